The van der Waals surface area contributed by atoms with E-state index < -0.39 is 5.97 Å². The number of anilines is 1. The number of oxazole rings is 1. The molecular formula is C15H17ClN2O3. The Bertz CT molecular complexity index is 655. The summed E-state index contributed by atoms with van der Waals surface area (Å²) in [5.41, 5.74) is 1.36. The zero-order valence-electron chi connectivity index (χ0n) is 11.5. The van der Waals surface area contributed by atoms with Gasteiger partial charge in [-0.15, -0.1) is 0 Å². The highest BCUT2D eigenvalue weighted by Gasteiger charge is 2.30. The van der Waals surface area contributed by atoms with Crippen LogP contribution >= 0.6 is 11.6 Å². The summed E-state index contributed by atoms with van der Waals surface area (Å²) in [6.45, 7) is 0.567. The quantitative estimate of drug-likeness (QED) is 0.899. The molecule has 0 saturated heterocycles. The topological polar surface area (TPSA) is 75.4 Å². The number of carboxylic acid groups (broad SMARTS) is 1. The Kier molecular flexibility index (Phi) is 4.01. The molecule has 0 bridgehead atoms. The van der Waals surface area contributed by atoms with Gasteiger partial charge in [0.2, 0.25) is 0 Å². The molecule has 2 N–H and O–H groups in total. The van der Waals surface area contributed by atoms with Crippen molar-refractivity contribution in [1.82, 2.24) is 4.98 Å². The number of hydrogen-bond acceptors (Lipinski definition) is 4. The van der Waals surface area contributed by atoms with Crippen LogP contribution in [0.2, 0.25) is 5.02 Å². The summed E-state index contributed by atoms with van der Waals surface area (Å²) in [6.07, 6.45) is 3.76. The minimum absolute atomic E-state index is 0.120. The lowest BCUT2D eigenvalue weighted by atomic mass is 9.79. The molecule has 2 aromatic rings. The predicted molar refractivity (Wildman–Crippen MR) is 80.6 cm³/mol. The van der Waals surface area contributed by atoms with E-state index in [1.54, 1.807) is 18.2 Å². The second kappa shape index (κ2) is 5.93. The summed E-state index contributed by atoms with van der Waals surface area (Å²) >= 11 is 5.91. The van der Waals surface area contributed by atoms with Gasteiger partial charge in [0.25, 0.3) is 6.01 Å². The van der Waals surface area contributed by atoms with E-state index in [1.165, 1.54) is 0 Å². The van der Waals surface area contributed by atoms with Crippen molar-refractivity contribution in [1.29, 1.82) is 0 Å². The molecule has 1 saturated carbocycles. The van der Waals surface area contributed by atoms with Crippen LogP contribution in [0.1, 0.15) is 25.7 Å². The Morgan fingerprint density at radius 2 is 2.24 bits per heavy atom. The SMILES string of the molecule is O=C(O)[C@H]1CCCC[C@H]1CNc1nc2cc(Cl)ccc2o1. The van der Waals surface area contributed by atoms with Gasteiger partial charge in [-0.3, -0.25) is 4.79 Å². The minimum Gasteiger partial charge on any atom is -0.481 e. The van der Waals surface area contributed by atoms with Crippen LogP contribution in [0.15, 0.2) is 22.6 Å². The molecule has 3 rings (SSSR count). The van der Waals surface area contributed by atoms with E-state index in [1.807, 2.05) is 0 Å². The molecule has 1 aromatic heterocycles. The number of aliphatic carboxylic acids is 1. The smallest absolute Gasteiger partial charge is 0.306 e. The molecule has 6 heteroatoms. The summed E-state index contributed by atoms with van der Waals surface area (Å²) in [5.74, 6) is -0.856. The monoisotopic (exact) mass is 308 g/mol. The molecule has 0 spiro atoms. The first-order valence-electron chi connectivity index (χ1n) is 7.16. The van der Waals surface area contributed by atoms with Gasteiger partial charge in [-0.2, -0.15) is 4.98 Å². The van der Waals surface area contributed by atoms with Crippen molar-refractivity contribution in [3.63, 3.8) is 0 Å². The molecule has 0 unspecified atom stereocenters. The third kappa shape index (κ3) is 3.13. The summed E-state index contributed by atoms with van der Waals surface area (Å²) in [7, 11) is 0. The third-order valence-electron chi connectivity index (χ3n) is 4.09. The number of carboxylic acids is 1. The van der Waals surface area contributed by atoms with Crippen molar-refractivity contribution >= 4 is 34.7 Å². The van der Waals surface area contributed by atoms with Crippen LogP contribution in [0.3, 0.4) is 0 Å². The molecular weight excluding hydrogens is 292 g/mol. The molecule has 1 aliphatic carbocycles. The van der Waals surface area contributed by atoms with Crippen molar-refractivity contribution < 1.29 is 14.3 Å². The Hall–Kier alpha value is -1.75. The van der Waals surface area contributed by atoms with Gasteiger partial charge in [-0.1, -0.05) is 24.4 Å². The number of nitrogens with one attached hydrogen (secondary N) is 1. The van der Waals surface area contributed by atoms with E-state index in [9.17, 15) is 9.90 Å². The number of halogens is 1. The lowest BCUT2D eigenvalue weighted by molar-refractivity contribution is -0.144. The second-order valence-corrected chi connectivity index (χ2v) is 5.94. The van der Waals surface area contributed by atoms with Gasteiger partial charge < -0.3 is 14.8 Å². The fraction of sp³-hybridized carbons (Fsp3) is 0.467. The fourth-order valence-corrected chi connectivity index (χ4v) is 3.14. The first-order chi connectivity index (χ1) is 10.1. The van der Waals surface area contributed by atoms with Gasteiger partial charge in [-0.05, 0) is 37.0 Å². The Labute approximate surface area is 127 Å². The maximum absolute atomic E-state index is 11.3. The van der Waals surface area contributed by atoms with Crippen molar-refractivity contribution in [3.05, 3.63) is 23.2 Å². The summed E-state index contributed by atoms with van der Waals surface area (Å²) in [6, 6.07) is 5.69. The second-order valence-electron chi connectivity index (χ2n) is 5.50. The maximum atomic E-state index is 11.3. The molecule has 0 aliphatic heterocycles. The number of aromatic nitrogens is 1. The van der Waals surface area contributed by atoms with Crippen LogP contribution in [0, 0.1) is 11.8 Å². The third-order valence-corrected chi connectivity index (χ3v) is 4.33. The molecule has 1 fully saturated rings. The molecule has 0 radical (unpaired) electrons. The first-order valence-corrected chi connectivity index (χ1v) is 7.54. The van der Waals surface area contributed by atoms with Crippen molar-refractivity contribution in [2.24, 2.45) is 11.8 Å². The van der Waals surface area contributed by atoms with E-state index in [0.717, 1.165) is 25.7 Å². The van der Waals surface area contributed by atoms with Crippen LogP contribution in [-0.2, 0) is 4.79 Å². The molecule has 2 atom stereocenters. The molecule has 21 heavy (non-hydrogen) atoms. The van der Waals surface area contributed by atoms with Crippen molar-refractivity contribution in [3.8, 4) is 0 Å². The molecule has 1 heterocycles. The summed E-state index contributed by atoms with van der Waals surface area (Å²) < 4.78 is 5.58. The zero-order chi connectivity index (χ0) is 14.8. The van der Waals surface area contributed by atoms with E-state index in [4.69, 9.17) is 16.0 Å². The van der Waals surface area contributed by atoms with Gasteiger partial charge in [0.15, 0.2) is 5.58 Å². The average molecular weight is 309 g/mol. The average Bonchev–Trinajstić information content (AvgIpc) is 2.87. The lowest BCUT2D eigenvalue weighted by Gasteiger charge is -2.28. The Morgan fingerprint density at radius 3 is 3.05 bits per heavy atom. The minimum atomic E-state index is -0.703. The number of carbonyl (C=O) groups is 1. The van der Waals surface area contributed by atoms with Crippen LogP contribution in [-0.4, -0.2) is 22.6 Å². The normalized spacial score (nSPS) is 22.3. The number of hydrogen-bond donors (Lipinski definition) is 2. The zero-order valence-corrected chi connectivity index (χ0v) is 12.3. The number of rotatable bonds is 4. The molecule has 1 aromatic carbocycles. The van der Waals surface area contributed by atoms with Gasteiger partial charge in [0.1, 0.15) is 5.52 Å². The van der Waals surface area contributed by atoms with Crippen LogP contribution < -0.4 is 5.32 Å². The van der Waals surface area contributed by atoms with Crippen LogP contribution in [0.4, 0.5) is 6.01 Å². The molecule has 112 valence electrons. The highest BCUT2D eigenvalue weighted by atomic mass is 35.5. The summed E-state index contributed by atoms with van der Waals surface area (Å²) in [5, 5.41) is 13.0. The maximum Gasteiger partial charge on any atom is 0.306 e. The van der Waals surface area contributed by atoms with E-state index in [0.29, 0.717) is 28.7 Å². The van der Waals surface area contributed by atoms with Gasteiger partial charge in [-0.25, -0.2) is 0 Å². The van der Waals surface area contributed by atoms with Crippen LogP contribution in [0.5, 0.6) is 0 Å². The summed E-state index contributed by atoms with van der Waals surface area (Å²) in [4.78, 5) is 15.6. The number of benzene rings is 1. The lowest BCUT2D eigenvalue weighted by Crippen LogP contribution is -2.31. The number of nitrogens with zero attached hydrogens (tertiary/aromatic N) is 1. The van der Waals surface area contributed by atoms with Crippen molar-refractivity contribution in [2.45, 2.75) is 25.7 Å². The predicted octanol–water partition coefficient (Wildman–Crippen LogP) is 3.78. The molecule has 1 aliphatic rings. The fourth-order valence-electron chi connectivity index (χ4n) is 2.97. The van der Waals surface area contributed by atoms with Crippen molar-refractivity contribution in [2.75, 3.05) is 11.9 Å². The standard InChI is InChI=1S/C15H17ClN2O3/c16-10-5-6-13-12(7-10)18-15(21-13)17-8-9-3-1-2-4-11(9)14(19)20/h5-7,9,11H,1-4,8H2,(H,17,18)(H,19,20)/t9-,11-/m0/s1. The Morgan fingerprint density at radius 1 is 1.43 bits per heavy atom. The van der Waals surface area contributed by atoms with Crippen LogP contribution in [0.25, 0.3) is 11.1 Å². The van der Waals surface area contributed by atoms with Gasteiger partial charge in [0.05, 0.1) is 5.92 Å². The molecule has 0 amide bonds. The van der Waals surface area contributed by atoms with E-state index in [2.05, 4.69) is 10.3 Å². The van der Waals surface area contributed by atoms with E-state index >= 15 is 0 Å². The first kappa shape index (κ1) is 14.2. The largest absolute Gasteiger partial charge is 0.481 e. The van der Waals surface area contributed by atoms with Gasteiger partial charge in [0, 0.05) is 11.6 Å². The highest BCUT2D eigenvalue weighted by molar-refractivity contribution is 6.31. The van der Waals surface area contributed by atoms with E-state index in [-0.39, 0.29) is 11.8 Å². The van der Waals surface area contributed by atoms with Gasteiger partial charge >= 0.3 is 5.97 Å². The molecule has 5 nitrogen and oxygen atoms in total. The highest BCUT2D eigenvalue weighted by Crippen LogP contribution is 2.31. The Balaban J connectivity index is 1.69. The number of fused-ring (bicyclic) bond motifs is 1.